The third-order valence-electron chi connectivity index (χ3n) is 6.84. The van der Waals surface area contributed by atoms with Gasteiger partial charge in [0.15, 0.2) is 0 Å². The first-order valence-corrected chi connectivity index (χ1v) is 12.6. The number of halogens is 4. The molecule has 2 aliphatic carbocycles. The number of nitrogens with zero attached hydrogens (tertiary/aromatic N) is 4. The van der Waals surface area contributed by atoms with Gasteiger partial charge in [-0.1, -0.05) is 23.7 Å². The van der Waals surface area contributed by atoms with Crippen LogP contribution in [0, 0.1) is 11.8 Å². The number of carbonyl (C=O) groups is 2. The second kappa shape index (κ2) is 9.78. The molecule has 2 aliphatic rings. The zero-order valence-electron chi connectivity index (χ0n) is 18.7. The van der Waals surface area contributed by atoms with E-state index in [0.29, 0.717) is 6.42 Å². The highest BCUT2D eigenvalue weighted by Gasteiger charge is 2.57. The summed E-state index contributed by atoms with van der Waals surface area (Å²) in [6.45, 7) is 0. The summed E-state index contributed by atoms with van der Waals surface area (Å²) in [5, 5.41) is 2.83. The van der Waals surface area contributed by atoms with E-state index in [2.05, 4.69) is 20.3 Å². The summed E-state index contributed by atoms with van der Waals surface area (Å²) < 4.78 is 42.2. The highest BCUT2D eigenvalue weighted by Crippen LogP contribution is 2.53. The SMILES string of the molecule is O=C(N[C@H]1C[C@H]2C[C@@H]1CC2(F)F)[C@@H](c1cncnc1)N(C(=O)[C@H](F)Cl)c1ccc(-c2cncs2)cc1. The monoisotopic (exact) mass is 535 g/mol. The smallest absolute Gasteiger partial charge is 0.278 e. The number of anilines is 1. The minimum atomic E-state index is -2.74. The number of hydrogen-bond donors (Lipinski definition) is 1. The Morgan fingerprint density at radius 3 is 2.39 bits per heavy atom. The third kappa shape index (κ3) is 4.69. The summed E-state index contributed by atoms with van der Waals surface area (Å²) >= 11 is 6.99. The highest BCUT2D eigenvalue weighted by atomic mass is 35.5. The molecule has 36 heavy (non-hydrogen) atoms. The number of rotatable bonds is 7. The maximum atomic E-state index is 14.2. The van der Waals surface area contributed by atoms with Gasteiger partial charge in [0.1, 0.15) is 12.4 Å². The predicted octanol–water partition coefficient (Wildman–Crippen LogP) is 4.76. The Bertz CT molecular complexity index is 1230. The zero-order chi connectivity index (χ0) is 25.4. The van der Waals surface area contributed by atoms with Gasteiger partial charge in [-0.15, -0.1) is 11.3 Å². The Labute approximate surface area is 213 Å². The number of fused-ring (bicyclic) bond motifs is 2. The van der Waals surface area contributed by atoms with Crippen molar-refractivity contribution in [3.8, 4) is 10.4 Å². The second-order valence-corrected chi connectivity index (χ2v) is 10.3. The minimum absolute atomic E-state index is 0.139. The van der Waals surface area contributed by atoms with E-state index >= 15 is 0 Å². The van der Waals surface area contributed by atoms with Crippen molar-refractivity contribution in [2.75, 3.05) is 4.90 Å². The summed E-state index contributed by atoms with van der Waals surface area (Å²) in [7, 11) is 0. The molecule has 0 radical (unpaired) electrons. The molecule has 2 aromatic heterocycles. The molecule has 5 atom stereocenters. The average molecular weight is 536 g/mol. The first-order valence-electron chi connectivity index (χ1n) is 11.3. The fourth-order valence-corrected chi connectivity index (χ4v) is 5.91. The van der Waals surface area contributed by atoms with Crippen molar-refractivity contribution in [3.63, 3.8) is 0 Å². The minimum Gasteiger partial charge on any atom is -0.351 e. The second-order valence-electron chi connectivity index (χ2n) is 9.00. The van der Waals surface area contributed by atoms with Crippen molar-refractivity contribution in [2.24, 2.45) is 11.8 Å². The van der Waals surface area contributed by atoms with Crippen molar-refractivity contribution in [2.45, 2.75) is 42.9 Å². The Morgan fingerprint density at radius 1 is 1.11 bits per heavy atom. The lowest BCUT2D eigenvalue weighted by atomic mass is 9.92. The van der Waals surface area contributed by atoms with Gasteiger partial charge in [0.25, 0.3) is 17.5 Å². The van der Waals surface area contributed by atoms with Gasteiger partial charge in [0, 0.05) is 48.2 Å². The summed E-state index contributed by atoms with van der Waals surface area (Å²) in [6.07, 6.45) is 5.81. The van der Waals surface area contributed by atoms with Gasteiger partial charge in [0.2, 0.25) is 5.91 Å². The van der Waals surface area contributed by atoms with Crippen LogP contribution in [0.15, 0.2) is 54.7 Å². The molecule has 0 aliphatic heterocycles. The Morgan fingerprint density at radius 2 is 1.83 bits per heavy atom. The largest absolute Gasteiger partial charge is 0.351 e. The van der Waals surface area contributed by atoms with E-state index < -0.39 is 41.4 Å². The summed E-state index contributed by atoms with van der Waals surface area (Å²) in [4.78, 5) is 40.4. The summed E-state index contributed by atoms with van der Waals surface area (Å²) in [6, 6.07) is 4.75. The molecule has 0 saturated heterocycles. The number of hydrogen-bond acceptors (Lipinski definition) is 6. The molecule has 12 heteroatoms. The first kappa shape index (κ1) is 24.6. The van der Waals surface area contributed by atoms with Crippen LogP contribution in [-0.2, 0) is 9.59 Å². The summed E-state index contributed by atoms with van der Waals surface area (Å²) in [5.41, 5.74) is 0.526. The van der Waals surface area contributed by atoms with Crippen LogP contribution < -0.4 is 10.2 Å². The topological polar surface area (TPSA) is 88.1 Å². The first-order chi connectivity index (χ1) is 17.2. The van der Waals surface area contributed by atoms with Crippen LogP contribution >= 0.6 is 22.9 Å². The normalized spacial score (nSPS) is 23.7. The number of thiazole rings is 1. The van der Waals surface area contributed by atoms with Gasteiger partial charge in [-0.25, -0.2) is 23.1 Å². The number of alkyl halides is 4. The Balaban J connectivity index is 1.49. The van der Waals surface area contributed by atoms with Crippen LogP contribution in [0.5, 0.6) is 0 Å². The van der Waals surface area contributed by atoms with Gasteiger partial charge in [0.05, 0.1) is 10.4 Å². The van der Waals surface area contributed by atoms with E-state index in [4.69, 9.17) is 11.6 Å². The highest BCUT2D eigenvalue weighted by molar-refractivity contribution is 7.13. The van der Waals surface area contributed by atoms with Crippen LogP contribution in [0.3, 0.4) is 0 Å². The van der Waals surface area contributed by atoms with Gasteiger partial charge in [-0.2, -0.15) is 0 Å². The maximum absolute atomic E-state index is 14.2. The van der Waals surface area contributed by atoms with Gasteiger partial charge < -0.3 is 5.32 Å². The third-order valence-corrected chi connectivity index (χ3v) is 7.85. The number of carbonyl (C=O) groups excluding carboxylic acids is 2. The lowest BCUT2D eigenvalue weighted by molar-refractivity contribution is -0.128. The van der Waals surface area contributed by atoms with Crippen LogP contribution in [0.1, 0.15) is 30.9 Å². The van der Waals surface area contributed by atoms with Crippen molar-refractivity contribution in [1.82, 2.24) is 20.3 Å². The van der Waals surface area contributed by atoms with E-state index in [1.807, 2.05) is 0 Å². The van der Waals surface area contributed by atoms with Gasteiger partial charge in [-0.3, -0.25) is 19.5 Å². The number of nitrogens with one attached hydrogen (secondary N) is 1. The van der Waals surface area contributed by atoms with Crippen LogP contribution in [0.2, 0.25) is 0 Å². The molecule has 1 N–H and O–H groups in total. The lowest BCUT2D eigenvalue weighted by Gasteiger charge is -2.34. The van der Waals surface area contributed by atoms with Crippen molar-refractivity contribution < 1.29 is 22.8 Å². The van der Waals surface area contributed by atoms with Gasteiger partial charge >= 0.3 is 0 Å². The van der Waals surface area contributed by atoms with E-state index in [9.17, 15) is 22.8 Å². The molecule has 188 valence electrons. The molecule has 1 aromatic carbocycles. The van der Waals surface area contributed by atoms with E-state index in [1.165, 1.54) is 30.1 Å². The molecule has 3 aromatic rings. The number of aromatic nitrogens is 3. The molecule has 2 bridgehead atoms. The standard InChI is InChI=1S/C24H21ClF3N5O2S/c25-21(26)23(35)33(17-3-1-13(2-4-17)19-10-31-12-36-19)20(15-8-29-11-30-9-15)22(34)32-18-6-16-5-14(18)7-24(16,27)28/h1-4,8-12,14,16,18,20-21H,5-7H2,(H,32,34)/t14-,16-,18+,20-,21+/m1/s1. The van der Waals surface area contributed by atoms with Crippen molar-refractivity contribution in [1.29, 1.82) is 0 Å². The molecule has 2 fully saturated rings. The molecule has 2 amide bonds. The molecule has 2 heterocycles. The fraction of sp³-hybridized carbons (Fsp3) is 0.375. The maximum Gasteiger partial charge on any atom is 0.278 e. The van der Waals surface area contributed by atoms with Crippen LogP contribution in [0.25, 0.3) is 10.4 Å². The molecule has 5 rings (SSSR count). The molecule has 0 unspecified atom stereocenters. The predicted molar refractivity (Wildman–Crippen MR) is 128 cm³/mol. The van der Waals surface area contributed by atoms with Gasteiger partial charge in [-0.05, 0) is 36.5 Å². The number of benzene rings is 1. The van der Waals surface area contributed by atoms with Crippen LogP contribution in [-0.4, -0.2) is 44.4 Å². The molecular formula is C24H21ClF3N5O2S. The lowest BCUT2D eigenvalue weighted by Crippen LogP contribution is -2.50. The molecular weight excluding hydrogens is 515 g/mol. The molecule has 0 spiro atoms. The fourth-order valence-electron chi connectivity index (χ4n) is 5.17. The van der Waals surface area contributed by atoms with E-state index in [-0.39, 0.29) is 30.0 Å². The molecule has 7 nitrogen and oxygen atoms in total. The quantitative estimate of drug-likeness (QED) is 0.441. The van der Waals surface area contributed by atoms with E-state index in [1.54, 1.807) is 36.0 Å². The molecule has 2 saturated carbocycles. The zero-order valence-corrected chi connectivity index (χ0v) is 20.3. The average Bonchev–Trinajstić information content (AvgIpc) is 3.59. The Hall–Kier alpha value is -3.05. The number of amides is 2. The Kier molecular flexibility index (Phi) is 6.69. The van der Waals surface area contributed by atoms with E-state index in [0.717, 1.165) is 15.3 Å². The van der Waals surface area contributed by atoms with Crippen molar-refractivity contribution >= 4 is 40.4 Å². The van der Waals surface area contributed by atoms with Crippen molar-refractivity contribution in [3.05, 3.63) is 60.3 Å². The van der Waals surface area contributed by atoms with Crippen LogP contribution in [0.4, 0.5) is 18.9 Å². The summed E-state index contributed by atoms with van der Waals surface area (Å²) in [5.74, 6) is -5.69.